The fourth-order valence-corrected chi connectivity index (χ4v) is 6.84. The number of carbonyl (C=O) groups excluding carboxylic acids is 2. The van der Waals surface area contributed by atoms with Gasteiger partial charge in [0.2, 0.25) is 5.91 Å². The van der Waals surface area contributed by atoms with E-state index in [4.69, 9.17) is 18.9 Å². The maximum Gasteiger partial charge on any atom is 0.410 e. The van der Waals surface area contributed by atoms with Gasteiger partial charge in [0.25, 0.3) is 0 Å². The minimum atomic E-state index is -0.339. The van der Waals surface area contributed by atoms with Crippen LogP contribution in [0.3, 0.4) is 0 Å². The van der Waals surface area contributed by atoms with Crippen LogP contribution in [0.4, 0.5) is 4.79 Å². The average molecular weight is 477 g/mol. The molecule has 0 aromatic carbocycles. The summed E-state index contributed by atoms with van der Waals surface area (Å²) >= 11 is 0. The van der Waals surface area contributed by atoms with Crippen molar-refractivity contribution in [3.8, 4) is 0 Å². The van der Waals surface area contributed by atoms with E-state index in [1.807, 2.05) is 16.7 Å². The minimum absolute atomic E-state index is 0.0266. The summed E-state index contributed by atoms with van der Waals surface area (Å²) in [5, 5.41) is 0. The molecule has 4 heterocycles. The van der Waals surface area contributed by atoms with Crippen LogP contribution in [0.1, 0.15) is 53.4 Å². The van der Waals surface area contributed by atoms with E-state index in [2.05, 4.69) is 26.8 Å². The van der Waals surface area contributed by atoms with Crippen molar-refractivity contribution >= 4 is 12.0 Å². The van der Waals surface area contributed by atoms with Crippen LogP contribution in [0.25, 0.3) is 0 Å². The third-order valence-electron chi connectivity index (χ3n) is 8.89. The highest BCUT2D eigenvalue weighted by Gasteiger charge is 2.72. The molecular weight excluding hydrogens is 436 g/mol. The Morgan fingerprint density at radius 1 is 1.12 bits per heavy atom. The van der Waals surface area contributed by atoms with Crippen LogP contribution in [0.2, 0.25) is 0 Å². The van der Waals surface area contributed by atoms with Crippen LogP contribution in [-0.2, 0) is 23.7 Å². The Bertz CT molecular complexity index is 838. The van der Waals surface area contributed by atoms with Gasteiger partial charge >= 0.3 is 6.09 Å². The molecule has 0 aromatic rings. The normalized spacial score (nSPS) is 42.5. The minimum Gasteiger partial charge on any atom is -0.443 e. The molecule has 5 aliphatic rings. The number of amides is 2. The van der Waals surface area contributed by atoms with Crippen LogP contribution in [0, 0.1) is 17.8 Å². The third-order valence-corrected chi connectivity index (χ3v) is 8.89. The zero-order chi connectivity index (χ0) is 24.3. The molecule has 0 radical (unpaired) electrons. The van der Waals surface area contributed by atoms with Gasteiger partial charge in [-0.1, -0.05) is 18.6 Å². The fourth-order valence-electron chi connectivity index (χ4n) is 6.84. The van der Waals surface area contributed by atoms with Gasteiger partial charge in [0.1, 0.15) is 23.4 Å². The molecule has 2 amide bonds. The summed E-state index contributed by atoms with van der Waals surface area (Å²) in [4.78, 5) is 29.0. The van der Waals surface area contributed by atoms with Crippen molar-refractivity contribution in [2.24, 2.45) is 17.8 Å². The zero-order valence-electron chi connectivity index (χ0n) is 21.2. The summed E-state index contributed by atoms with van der Waals surface area (Å²) in [5.41, 5.74) is 0.720. The molecule has 5 fully saturated rings. The van der Waals surface area contributed by atoms with Crippen LogP contribution >= 0.6 is 0 Å². The second-order valence-corrected chi connectivity index (χ2v) is 11.4. The van der Waals surface area contributed by atoms with E-state index in [0.29, 0.717) is 31.3 Å². The van der Waals surface area contributed by atoms with Crippen molar-refractivity contribution in [3.05, 3.63) is 11.6 Å². The lowest BCUT2D eigenvalue weighted by Crippen LogP contribution is -2.56. The van der Waals surface area contributed by atoms with Gasteiger partial charge in [-0.05, 0) is 40.0 Å². The maximum absolute atomic E-state index is 13.2. The Balaban J connectivity index is 1.22. The number of carbonyl (C=O) groups is 2. The summed E-state index contributed by atoms with van der Waals surface area (Å²) in [6, 6.07) is 0. The largest absolute Gasteiger partial charge is 0.443 e. The first-order chi connectivity index (χ1) is 16.2. The van der Waals surface area contributed by atoms with Crippen LogP contribution in [0.5, 0.6) is 0 Å². The lowest BCUT2D eigenvalue weighted by atomic mass is 9.68. The zero-order valence-corrected chi connectivity index (χ0v) is 21.2. The molecule has 190 valence electrons. The van der Waals surface area contributed by atoms with Crippen LogP contribution < -0.4 is 0 Å². The first-order valence-corrected chi connectivity index (χ1v) is 12.9. The Morgan fingerprint density at radius 3 is 2.32 bits per heavy atom. The highest BCUT2D eigenvalue weighted by atomic mass is 16.6. The number of likely N-dealkylation sites (tertiary alicyclic amines) is 2. The Labute approximate surface area is 202 Å². The molecule has 0 N–H and O–H groups in total. The standard InChI is InChI=1S/C26H40N2O6/c1-6-21(29)27-11-17-13-28(14-18(17)12-27)24(30)33-19-9-10-26(15-32-26)23(22(19)31-5)25(4)20(34-25)8-7-16(2)3/h7,17-20,22-23H,6,8-15H2,1-5H3/t17-,18+,19-,20-,22-,23?,25+,26+/m1/s1. The summed E-state index contributed by atoms with van der Waals surface area (Å²) in [6.45, 7) is 11.8. The molecule has 8 heteroatoms. The maximum atomic E-state index is 13.2. The number of fused-ring (bicyclic) bond motifs is 1. The predicted molar refractivity (Wildman–Crippen MR) is 125 cm³/mol. The Hall–Kier alpha value is -1.64. The van der Waals surface area contributed by atoms with E-state index in [9.17, 15) is 9.59 Å². The monoisotopic (exact) mass is 476 g/mol. The number of methoxy groups -OCH3 is 1. The topological polar surface area (TPSA) is 84.1 Å². The molecular formula is C26H40N2O6. The van der Waals surface area contributed by atoms with E-state index >= 15 is 0 Å². The molecule has 5 rings (SSSR count). The molecule has 1 unspecified atom stereocenters. The molecule has 0 bridgehead atoms. The number of nitrogens with zero attached hydrogens (tertiary/aromatic N) is 2. The van der Waals surface area contributed by atoms with Crippen molar-refractivity contribution in [3.63, 3.8) is 0 Å². The number of epoxide rings is 2. The average Bonchev–Trinajstić information content (AvgIpc) is 3.60. The van der Waals surface area contributed by atoms with Gasteiger partial charge in [-0.15, -0.1) is 0 Å². The first kappa shape index (κ1) is 24.1. The van der Waals surface area contributed by atoms with Gasteiger partial charge in [-0.3, -0.25) is 4.79 Å². The van der Waals surface area contributed by atoms with Crippen LogP contribution in [0.15, 0.2) is 11.6 Å². The summed E-state index contributed by atoms with van der Waals surface area (Å²) in [6.07, 6.45) is 4.51. The SMILES string of the molecule is CCC(=O)N1C[C@@H]2CN(C(=O)O[C@@H]3CC[C@]4(CO4)C([C@@]4(C)O[C@@H]4CC=C(C)C)[C@@H]3OC)C[C@@H]2C1. The molecule has 34 heavy (non-hydrogen) atoms. The van der Waals surface area contributed by atoms with Gasteiger partial charge in [-0.2, -0.15) is 0 Å². The molecule has 1 saturated carbocycles. The molecule has 8 atom stereocenters. The highest BCUT2D eigenvalue weighted by Crippen LogP contribution is 2.59. The quantitative estimate of drug-likeness (QED) is 0.433. The Morgan fingerprint density at radius 2 is 1.76 bits per heavy atom. The van der Waals surface area contributed by atoms with Gasteiger partial charge in [0.05, 0.1) is 18.6 Å². The van der Waals surface area contributed by atoms with Gasteiger partial charge in [-0.25, -0.2) is 4.79 Å². The summed E-state index contributed by atoms with van der Waals surface area (Å²) in [7, 11) is 1.70. The van der Waals surface area contributed by atoms with Gasteiger partial charge in [0, 0.05) is 51.5 Å². The predicted octanol–water partition coefficient (Wildman–Crippen LogP) is 3.00. The number of allylic oxidation sites excluding steroid dienone is 1. The van der Waals surface area contributed by atoms with E-state index in [-0.39, 0.29) is 47.4 Å². The van der Waals surface area contributed by atoms with E-state index in [1.54, 1.807) is 7.11 Å². The fraction of sp³-hybridized carbons (Fsp3) is 0.846. The lowest BCUT2D eigenvalue weighted by Gasteiger charge is -2.43. The number of hydrogen-bond acceptors (Lipinski definition) is 6. The second kappa shape index (κ2) is 8.79. The van der Waals surface area contributed by atoms with Crippen molar-refractivity contribution in [1.29, 1.82) is 0 Å². The molecule has 1 spiro atoms. The lowest BCUT2D eigenvalue weighted by molar-refractivity contribution is -0.130. The molecule has 4 aliphatic heterocycles. The summed E-state index contributed by atoms with van der Waals surface area (Å²) in [5.74, 6) is 0.921. The number of ether oxygens (including phenoxy) is 4. The summed E-state index contributed by atoms with van der Waals surface area (Å²) < 4.78 is 24.4. The van der Waals surface area contributed by atoms with Crippen molar-refractivity contribution in [2.75, 3.05) is 39.9 Å². The number of hydrogen-bond donors (Lipinski definition) is 0. The van der Waals surface area contributed by atoms with Gasteiger partial charge < -0.3 is 28.7 Å². The van der Waals surface area contributed by atoms with Crippen LogP contribution in [-0.4, -0.2) is 91.2 Å². The van der Waals surface area contributed by atoms with Crippen molar-refractivity contribution in [2.45, 2.75) is 82.9 Å². The molecule has 8 nitrogen and oxygen atoms in total. The van der Waals surface area contributed by atoms with E-state index in [1.165, 1.54) is 5.57 Å². The number of rotatable bonds is 6. The van der Waals surface area contributed by atoms with Crippen molar-refractivity contribution < 1.29 is 28.5 Å². The molecule has 0 aromatic heterocycles. The molecule has 4 saturated heterocycles. The van der Waals surface area contributed by atoms with Gasteiger partial charge in [0.15, 0.2) is 0 Å². The van der Waals surface area contributed by atoms with E-state index < -0.39 is 0 Å². The molecule has 1 aliphatic carbocycles. The third kappa shape index (κ3) is 4.16. The van der Waals surface area contributed by atoms with E-state index in [0.717, 1.165) is 39.0 Å². The first-order valence-electron chi connectivity index (χ1n) is 12.9. The second-order valence-electron chi connectivity index (χ2n) is 11.4. The highest BCUT2D eigenvalue weighted by molar-refractivity contribution is 5.76. The Kier molecular flexibility index (Phi) is 6.22. The van der Waals surface area contributed by atoms with Crippen molar-refractivity contribution in [1.82, 2.24) is 9.80 Å². The smallest absolute Gasteiger partial charge is 0.410 e.